The van der Waals surface area contributed by atoms with Gasteiger partial charge >= 0.3 is 0 Å². The van der Waals surface area contributed by atoms with Crippen molar-refractivity contribution in [2.45, 2.75) is 31.2 Å². The van der Waals surface area contributed by atoms with Crippen LogP contribution in [0.25, 0.3) is 0 Å². The van der Waals surface area contributed by atoms with E-state index in [9.17, 15) is 13.2 Å². The number of amides is 1. The molecule has 0 unspecified atom stereocenters. The summed E-state index contributed by atoms with van der Waals surface area (Å²) in [6, 6.07) is 10.9. The first kappa shape index (κ1) is 18.9. The third-order valence-corrected chi connectivity index (χ3v) is 7.35. The van der Waals surface area contributed by atoms with E-state index in [1.54, 1.807) is 29.3 Å². The molecule has 1 amide bonds. The number of carbonyl (C=O) groups is 1. The Hall–Kier alpha value is -2.45. The standard InChI is InChI=1S/C20H24N4O3S/c1-15-13-17-14-18(6-7-19(17)24(15)16(2)25)28(26,27)23-11-9-22(10-12-23)20-5-3-4-8-21-20/h3-8,14-15H,9-13H2,1-2H3/t15-/m1/s1. The van der Waals surface area contributed by atoms with Gasteiger partial charge in [0.2, 0.25) is 15.9 Å². The van der Waals surface area contributed by atoms with Gasteiger partial charge in [0.25, 0.3) is 0 Å². The number of hydrogen-bond donors (Lipinski definition) is 0. The van der Waals surface area contributed by atoms with Crippen molar-refractivity contribution in [1.29, 1.82) is 0 Å². The Labute approximate surface area is 165 Å². The minimum absolute atomic E-state index is 0.0208. The molecule has 1 saturated heterocycles. The van der Waals surface area contributed by atoms with E-state index in [1.807, 2.05) is 25.1 Å². The highest BCUT2D eigenvalue weighted by Gasteiger charge is 2.33. The van der Waals surface area contributed by atoms with Crippen molar-refractivity contribution in [1.82, 2.24) is 9.29 Å². The van der Waals surface area contributed by atoms with Gasteiger partial charge in [-0.15, -0.1) is 0 Å². The lowest BCUT2D eigenvalue weighted by molar-refractivity contribution is -0.116. The monoisotopic (exact) mass is 400 g/mol. The summed E-state index contributed by atoms with van der Waals surface area (Å²) in [4.78, 5) is 20.4. The molecule has 2 aliphatic rings. The molecule has 1 aromatic heterocycles. The fourth-order valence-corrected chi connectivity index (χ4v) is 5.57. The summed E-state index contributed by atoms with van der Waals surface area (Å²) in [6.07, 6.45) is 2.42. The van der Waals surface area contributed by atoms with Gasteiger partial charge in [-0.1, -0.05) is 6.07 Å². The fraction of sp³-hybridized carbons (Fsp3) is 0.400. The van der Waals surface area contributed by atoms with Crippen LogP contribution in [0.2, 0.25) is 0 Å². The molecule has 8 heteroatoms. The average molecular weight is 401 g/mol. The topological polar surface area (TPSA) is 73.8 Å². The average Bonchev–Trinajstić information content (AvgIpc) is 3.04. The largest absolute Gasteiger partial charge is 0.354 e. The summed E-state index contributed by atoms with van der Waals surface area (Å²) in [6.45, 7) is 5.58. The van der Waals surface area contributed by atoms with Crippen LogP contribution in [-0.2, 0) is 21.2 Å². The predicted octanol–water partition coefficient (Wildman–Crippen LogP) is 1.89. The van der Waals surface area contributed by atoms with E-state index in [-0.39, 0.29) is 11.9 Å². The maximum Gasteiger partial charge on any atom is 0.243 e. The molecule has 28 heavy (non-hydrogen) atoms. The number of piperazine rings is 1. The molecule has 7 nitrogen and oxygen atoms in total. The number of rotatable bonds is 3. The lowest BCUT2D eigenvalue weighted by Crippen LogP contribution is -2.48. The molecule has 0 N–H and O–H groups in total. The predicted molar refractivity (Wildman–Crippen MR) is 108 cm³/mol. The number of anilines is 2. The molecule has 1 fully saturated rings. The van der Waals surface area contributed by atoms with Crippen LogP contribution in [0.5, 0.6) is 0 Å². The van der Waals surface area contributed by atoms with Gasteiger partial charge in [-0.2, -0.15) is 4.31 Å². The molecule has 0 radical (unpaired) electrons. The van der Waals surface area contributed by atoms with Gasteiger partial charge in [0.1, 0.15) is 5.82 Å². The molecule has 4 rings (SSSR count). The molecule has 1 atom stereocenters. The van der Waals surface area contributed by atoms with Gasteiger partial charge in [0, 0.05) is 51.0 Å². The summed E-state index contributed by atoms with van der Waals surface area (Å²) in [5.41, 5.74) is 1.73. The van der Waals surface area contributed by atoms with Crippen LogP contribution in [0.1, 0.15) is 19.4 Å². The highest BCUT2D eigenvalue weighted by Crippen LogP contribution is 2.34. The summed E-state index contributed by atoms with van der Waals surface area (Å²) in [7, 11) is -3.56. The first-order valence-electron chi connectivity index (χ1n) is 9.47. The maximum absolute atomic E-state index is 13.1. The molecule has 3 heterocycles. The van der Waals surface area contributed by atoms with Crippen molar-refractivity contribution >= 4 is 27.4 Å². The van der Waals surface area contributed by atoms with E-state index in [4.69, 9.17) is 0 Å². The first-order chi connectivity index (χ1) is 13.4. The summed E-state index contributed by atoms with van der Waals surface area (Å²) in [5, 5.41) is 0. The molecule has 148 valence electrons. The molecule has 0 saturated carbocycles. The van der Waals surface area contributed by atoms with Gasteiger partial charge in [-0.25, -0.2) is 13.4 Å². The first-order valence-corrected chi connectivity index (χ1v) is 10.9. The van der Waals surface area contributed by atoms with Crippen molar-refractivity contribution in [2.24, 2.45) is 0 Å². The number of fused-ring (bicyclic) bond motifs is 1. The molecule has 0 aliphatic carbocycles. The number of carbonyl (C=O) groups excluding carboxylic acids is 1. The van der Waals surface area contributed by atoms with E-state index in [0.717, 1.165) is 17.1 Å². The fourth-order valence-electron chi connectivity index (χ4n) is 4.10. The lowest BCUT2D eigenvalue weighted by atomic mass is 10.1. The lowest BCUT2D eigenvalue weighted by Gasteiger charge is -2.34. The Kier molecular flexibility index (Phi) is 4.84. The number of nitrogens with zero attached hydrogens (tertiary/aromatic N) is 4. The third-order valence-electron chi connectivity index (χ3n) is 5.46. The molecule has 2 aromatic rings. The second kappa shape index (κ2) is 7.18. The van der Waals surface area contributed by atoms with Crippen LogP contribution < -0.4 is 9.80 Å². The minimum atomic E-state index is -3.56. The minimum Gasteiger partial charge on any atom is -0.354 e. The highest BCUT2D eigenvalue weighted by molar-refractivity contribution is 7.89. The Morgan fingerprint density at radius 1 is 1.11 bits per heavy atom. The van der Waals surface area contributed by atoms with E-state index >= 15 is 0 Å². The normalized spacial score (nSPS) is 20.3. The zero-order valence-corrected chi connectivity index (χ0v) is 16.9. The van der Waals surface area contributed by atoms with E-state index in [0.29, 0.717) is 37.5 Å². The molecular formula is C20H24N4O3S. The SMILES string of the molecule is CC(=O)N1c2ccc(S(=O)(=O)N3CCN(c4ccccn4)CC3)cc2C[C@H]1C. The Bertz CT molecular complexity index is 986. The van der Waals surface area contributed by atoms with Crippen molar-refractivity contribution in [3.05, 3.63) is 48.2 Å². The number of hydrogen-bond acceptors (Lipinski definition) is 5. The summed E-state index contributed by atoms with van der Waals surface area (Å²) in [5.74, 6) is 0.850. The van der Waals surface area contributed by atoms with E-state index < -0.39 is 10.0 Å². The zero-order valence-electron chi connectivity index (χ0n) is 16.1. The molecular weight excluding hydrogens is 376 g/mol. The van der Waals surface area contributed by atoms with Gasteiger partial charge in [-0.05, 0) is 49.2 Å². The third kappa shape index (κ3) is 3.27. The van der Waals surface area contributed by atoms with Gasteiger partial charge in [-0.3, -0.25) is 4.79 Å². The Morgan fingerprint density at radius 3 is 2.50 bits per heavy atom. The van der Waals surface area contributed by atoms with Crippen molar-refractivity contribution in [2.75, 3.05) is 36.0 Å². The van der Waals surface area contributed by atoms with Crippen LogP contribution in [0.15, 0.2) is 47.5 Å². The quantitative estimate of drug-likeness (QED) is 0.787. The number of pyridine rings is 1. The van der Waals surface area contributed by atoms with Crippen molar-refractivity contribution < 1.29 is 13.2 Å². The second-order valence-corrected chi connectivity index (χ2v) is 9.25. The second-order valence-electron chi connectivity index (χ2n) is 7.31. The molecule has 0 bridgehead atoms. The molecule has 2 aliphatic heterocycles. The Balaban J connectivity index is 1.52. The highest BCUT2D eigenvalue weighted by atomic mass is 32.2. The van der Waals surface area contributed by atoms with Crippen LogP contribution in [0, 0.1) is 0 Å². The van der Waals surface area contributed by atoms with Crippen LogP contribution in [-0.4, -0.2) is 55.8 Å². The number of sulfonamides is 1. The number of aromatic nitrogens is 1. The van der Waals surface area contributed by atoms with Crippen molar-refractivity contribution in [3.63, 3.8) is 0 Å². The van der Waals surface area contributed by atoms with Gasteiger partial charge in [0.15, 0.2) is 0 Å². The maximum atomic E-state index is 13.1. The smallest absolute Gasteiger partial charge is 0.243 e. The van der Waals surface area contributed by atoms with Crippen molar-refractivity contribution in [3.8, 4) is 0 Å². The summed E-state index contributed by atoms with van der Waals surface area (Å²) < 4.78 is 27.8. The van der Waals surface area contributed by atoms with E-state index in [2.05, 4.69) is 9.88 Å². The van der Waals surface area contributed by atoms with Gasteiger partial charge < -0.3 is 9.80 Å². The summed E-state index contributed by atoms with van der Waals surface area (Å²) >= 11 is 0. The molecule has 1 aromatic carbocycles. The van der Waals surface area contributed by atoms with E-state index in [1.165, 1.54) is 11.2 Å². The number of benzene rings is 1. The zero-order chi connectivity index (χ0) is 19.9. The van der Waals surface area contributed by atoms with Crippen LogP contribution in [0.3, 0.4) is 0 Å². The Morgan fingerprint density at radius 2 is 1.86 bits per heavy atom. The van der Waals surface area contributed by atoms with Gasteiger partial charge in [0.05, 0.1) is 4.90 Å². The molecule has 0 spiro atoms. The van der Waals surface area contributed by atoms with Crippen LogP contribution in [0.4, 0.5) is 11.5 Å². The van der Waals surface area contributed by atoms with Crippen LogP contribution >= 0.6 is 0 Å².